The Morgan fingerprint density at radius 2 is 1.07 bits per heavy atom. The molecule has 208 valence electrons. The van der Waals surface area contributed by atoms with E-state index in [2.05, 4.69) is 40.0 Å². The lowest BCUT2D eigenvalue weighted by Crippen LogP contribution is -2.18. The number of halogens is 2. The van der Waals surface area contributed by atoms with Crippen LogP contribution in [0.25, 0.3) is 42.4 Å². The van der Waals surface area contributed by atoms with Crippen LogP contribution in [-0.4, -0.2) is 34.2 Å². The minimum absolute atomic E-state index is 0.367. The van der Waals surface area contributed by atoms with Crippen LogP contribution in [0.5, 0.6) is 11.8 Å². The Balaban J connectivity index is 0.000000220. The van der Waals surface area contributed by atoms with Crippen molar-refractivity contribution in [2.75, 3.05) is 14.2 Å². The quantitative estimate of drug-likeness (QED) is 0.0872. The zero-order valence-corrected chi connectivity index (χ0v) is 24.4. The second-order valence-corrected chi connectivity index (χ2v) is 9.88. The molecule has 0 N–H and O–H groups in total. The van der Waals surface area contributed by atoms with Gasteiger partial charge in [-0.1, -0.05) is 47.3 Å². The molecule has 0 saturated heterocycles. The maximum Gasteiger partial charge on any atom is 0.222 e. The average Bonchev–Trinajstić information content (AvgIpc) is 2.96. The van der Waals surface area contributed by atoms with Gasteiger partial charge in [-0.25, -0.2) is 19.9 Å². The average molecular weight is 583 g/mol. The van der Waals surface area contributed by atoms with Gasteiger partial charge in [0.25, 0.3) is 0 Å². The lowest BCUT2D eigenvalue weighted by molar-refractivity contribution is 0.401. The summed E-state index contributed by atoms with van der Waals surface area (Å²) in [6.45, 7) is 7.63. The van der Waals surface area contributed by atoms with Crippen molar-refractivity contribution < 1.29 is 9.47 Å². The zero-order chi connectivity index (χ0) is 29.5. The Hall–Kier alpha value is -4.08. The number of azide groups is 2. The van der Waals surface area contributed by atoms with E-state index in [4.69, 9.17) is 43.7 Å². The van der Waals surface area contributed by atoms with Crippen molar-refractivity contribution in [3.05, 3.63) is 79.2 Å². The minimum Gasteiger partial charge on any atom is -0.481 e. The number of hydrogen-bond donors (Lipinski definition) is 0. The molecule has 4 aromatic rings. The number of hydrogen-bond acceptors (Lipinski definition) is 8. The Morgan fingerprint density at radius 3 is 1.38 bits per heavy atom. The number of nitrogens with zero attached hydrogens (tertiary/aromatic N) is 10. The highest BCUT2D eigenvalue weighted by Gasteiger charge is 2.28. The third-order valence-corrected chi connectivity index (χ3v) is 7.27. The molecule has 0 radical (unpaired) electrons. The molecule has 0 aromatic carbocycles. The van der Waals surface area contributed by atoms with Crippen LogP contribution in [0.15, 0.2) is 47.1 Å². The summed E-state index contributed by atoms with van der Waals surface area (Å²) in [5, 5.41) is 11.7. The van der Waals surface area contributed by atoms with Crippen LogP contribution in [0.3, 0.4) is 0 Å². The molecular weight excluding hydrogens is 555 g/mol. The highest BCUT2D eigenvalue weighted by molar-refractivity contribution is 6.30. The number of pyridine rings is 4. The molecule has 4 rings (SSSR count). The first kappa shape index (κ1) is 30.5. The summed E-state index contributed by atoms with van der Waals surface area (Å²) in [5.74, 6) is 0.930. The fourth-order valence-corrected chi connectivity index (χ4v) is 4.50. The molecule has 0 unspecified atom stereocenters. The lowest BCUT2D eigenvalue weighted by atomic mass is 9.88. The first-order valence-electron chi connectivity index (χ1n) is 12.2. The summed E-state index contributed by atoms with van der Waals surface area (Å²) < 4.78 is 10.5. The van der Waals surface area contributed by atoms with Gasteiger partial charge in [0, 0.05) is 34.6 Å². The molecule has 0 spiro atoms. The second-order valence-electron chi connectivity index (χ2n) is 9.10. The minimum atomic E-state index is -0.697. The fraction of sp³-hybridized carbons (Fsp3) is 0.385. The predicted molar refractivity (Wildman–Crippen MR) is 156 cm³/mol. The first-order chi connectivity index (χ1) is 19.1. The van der Waals surface area contributed by atoms with Gasteiger partial charge in [-0.2, -0.15) is 0 Å². The van der Waals surface area contributed by atoms with E-state index in [0.717, 1.165) is 32.7 Å². The van der Waals surface area contributed by atoms with E-state index in [1.165, 1.54) is 0 Å². The molecule has 40 heavy (non-hydrogen) atoms. The molecule has 14 heteroatoms. The highest BCUT2D eigenvalue weighted by Crippen LogP contribution is 2.38. The summed E-state index contributed by atoms with van der Waals surface area (Å²) >= 11 is 12.0. The standard InChI is InChI=1S/2C13H14ClN5O/c2*1-4-13(2,18-19-15)10-7-17-12(20-3)9-6-16-11(14)5-8(9)10/h2*5-7H,4H2,1-3H3/t2*13-/m10/s1. The van der Waals surface area contributed by atoms with E-state index < -0.39 is 11.1 Å². The molecule has 2 atom stereocenters. The molecule has 12 nitrogen and oxygen atoms in total. The fourth-order valence-electron chi connectivity index (χ4n) is 4.18. The van der Waals surface area contributed by atoms with Crippen LogP contribution < -0.4 is 9.47 Å². The molecule has 0 amide bonds. The second kappa shape index (κ2) is 12.8. The van der Waals surface area contributed by atoms with Crippen molar-refractivity contribution in [2.24, 2.45) is 10.2 Å². The molecule has 0 aliphatic heterocycles. The highest BCUT2D eigenvalue weighted by atomic mass is 35.5. The monoisotopic (exact) mass is 582 g/mol. The number of methoxy groups -OCH3 is 2. The summed E-state index contributed by atoms with van der Waals surface area (Å²) in [5.41, 5.74) is 17.8. The molecule has 0 bridgehead atoms. The van der Waals surface area contributed by atoms with Gasteiger partial charge in [0.2, 0.25) is 11.8 Å². The van der Waals surface area contributed by atoms with E-state index in [1.807, 2.05) is 27.7 Å². The van der Waals surface area contributed by atoms with Gasteiger partial charge in [0.05, 0.1) is 36.1 Å². The van der Waals surface area contributed by atoms with Crippen LogP contribution in [0.4, 0.5) is 0 Å². The van der Waals surface area contributed by atoms with Crippen LogP contribution in [0.2, 0.25) is 10.3 Å². The van der Waals surface area contributed by atoms with Crippen LogP contribution in [0, 0.1) is 0 Å². The molecule has 0 fully saturated rings. The third-order valence-electron chi connectivity index (χ3n) is 6.86. The maximum absolute atomic E-state index is 8.80. The van der Waals surface area contributed by atoms with Crippen molar-refractivity contribution in [3.8, 4) is 11.8 Å². The zero-order valence-electron chi connectivity index (χ0n) is 22.9. The maximum atomic E-state index is 8.80. The lowest BCUT2D eigenvalue weighted by Gasteiger charge is -2.24. The number of fused-ring (bicyclic) bond motifs is 2. The van der Waals surface area contributed by atoms with Gasteiger partial charge in [0.15, 0.2) is 0 Å². The van der Waals surface area contributed by atoms with Crippen LogP contribution in [0.1, 0.15) is 51.7 Å². The smallest absolute Gasteiger partial charge is 0.222 e. The van der Waals surface area contributed by atoms with Gasteiger partial charge in [0.1, 0.15) is 10.3 Å². The van der Waals surface area contributed by atoms with Gasteiger partial charge < -0.3 is 9.47 Å². The van der Waals surface area contributed by atoms with Crippen molar-refractivity contribution >= 4 is 44.7 Å². The van der Waals surface area contributed by atoms with E-state index in [9.17, 15) is 0 Å². The van der Waals surface area contributed by atoms with Gasteiger partial charge >= 0.3 is 0 Å². The van der Waals surface area contributed by atoms with Crippen molar-refractivity contribution in [1.82, 2.24) is 19.9 Å². The molecule has 4 heterocycles. The number of rotatable bonds is 8. The topological polar surface area (TPSA) is 168 Å². The number of ether oxygens (including phenoxy) is 2. The van der Waals surface area contributed by atoms with Gasteiger partial charge in [-0.05, 0) is 71.8 Å². The molecular formula is C26H28Cl2N10O2. The summed E-state index contributed by atoms with van der Waals surface area (Å²) in [4.78, 5) is 22.5. The molecule has 0 aliphatic carbocycles. The molecule has 0 aliphatic rings. The Morgan fingerprint density at radius 1 is 0.700 bits per heavy atom. The number of aromatic nitrogens is 4. The predicted octanol–water partition coefficient (Wildman–Crippen LogP) is 8.45. The van der Waals surface area contributed by atoms with Crippen molar-refractivity contribution in [2.45, 2.75) is 51.6 Å². The van der Waals surface area contributed by atoms with E-state index in [1.54, 1.807) is 51.1 Å². The van der Waals surface area contributed by atoms with Gasteiger partial charge in [-0.15, -0.1) is 0 Å². The Kier molecular flexibility index (Phi) is 9.78. The van der Waals surface area contributed by atoms with E-state index in [0.29, 0.717) is 34.9 Å². The summed E-state index contributed by atoms with van der Waals surface area (Å²) in [6.07, 6.45) is 7.82. The third kappa shape index (κ3) is 6.05. The molecule has 4 aromatic heterocycles. The van der Waals surface area contributed by atoms with Crippen LogP contribution in [-0.2, 0) is 11.1 Å². The Labute approximate surface area is 240 Å². The van der Waals surface area contributed by atoms with Gasteiger partial charge in [-0.3, -0.25) is 0 Å². The van der Waals surface area contributed by atoms with E-state index in [-0.39, 0.29) is 0 Å². The van der Waals surface area contributed by atoms with E-state index >= 15 is 0 Å². The Bertz CT molecular complexity index is 1520. The summed E-state index contributed by atoms with van der Waals surface area (Å²) in [6, 6.07) is 3.47. The largest absolute Gasteiger partial charge is 0.481 e. The molecule has 0 saturated carbocycles. The SMILES string of the molecule is CC[C@@](C)(N=[N+]=[N-])c1cnc(OC)c2cnc(Cl)cc12.CC[C@](C)(N=[N+]=[N-])c1cnc(OC)c2cnc(Cl)cc12. The summed E-state index contributed by atoms with van der Waals surface area (Å²) in [7, 11) is 3.09. The normalized spacial score (nSPS) is 13.6. The van der Waals surface area contributed by atoms with Crippen molar-refractivity contribution in [1.29, 1.82) is 0 Å². The first-order valence-corrected chi connectivity index (χ1v) is 13.0. The van der Waals surface area contributed by atoms with Crippen molar-refractivity contribution in [3.63, 3.8) is 0 Å². The van der Waals surface area contributed by atoms with Crippen LogP contribution >= 0.6 is 23.2 Å².